The smallest absolute Gasteiger partial charge is 0.416 e. The van der Waals surface area contributed by atoms with Crippen LogP contribution in [0.3, 0.4) is 0 Å². The first-order valence-corrected chi connectivity index (χ1v) is 13.3. The third-order valence-electron chi connectivity index (χ3n) is 6.58. The van der Waals surface area contributed by atoms with Crippen molar-refractivity contribution in [2.45, 2.75) is 19.5 Å². The molecule has 1 fully saturated rings. The molecule has 1 amide bonds. The van der Waals surface area contributed by atoms with Crippen molar-refractivity contribution in [1.82, 2.24) is 20.4 Å². The maximum absolute atomic E-state index is 14.3. The number of halogens is 4. The number of anilines is 4. The third-order valence-corrected chi connectivity index (χ3v) is 6.58. The predicted molar refractivity (Wildman–Crippen MR) is 152 cm³/mol. The second kappa shape index (κ2) is 12.5. The van der Waals surface area contributed by atoms with Crippen molar-refractivity contribution >= 4 is 29.0 Å². The Bertz CT molecular complexity index is 1630. The molecule has 0 atom stereocenters. The number of hydrogen-bond acceptors (Lipinski definition) is 9. The van der Waals surface area contributed by atoms with E-state index in [4.69, 9.17) is 4.74 Å². The first kappa shape index (κ1) is 29.5. The minimum atomic E-state index is -4.61. The minimum Gasteiger partial charge on any atom is -0.508 e. The van der Waals surface area contributed by atoms with Gasteiger partial charge in [0.05, 0.1) is 36.4 Å². The van der Waals surface area contributed by atoms with Crippen molar-refractivity contribution in [1.29, 1.82) is 0 Å². The number of aromatic hydroxyl groups is 1. The quantitative estimate of drug-likeness (QED) is 0.158. The molecule has 2 aromatic carbocycles. The summed E-state index contributed by atoms with van der Waals surface area (Å²) in [5.74, 6) is -1.26. The third kappa shape index (κ3) is 7.09. The first-order valence-electron chi connectivity index (χ1n) is 13.3. The average molecular weight is 598 g/mol. The van der Waals surface area contributed by atoms with E-state index in [0.29, 0.717) is 49.7 Å². The van der Waals surface area contributed by atoms with Crippen LogP contribution in [-0.2, 0) is 17.3 Å². The van der Waals surface area contributed by atoms with Crippen LogP contribution in [0.5, 0.6) is 5.75 Å². The Balaban J connectivity index is 1.33. The molecule has 2 aromatic heterocycles. The molecule has 43 heavy (non-hydrogen) atoms. The Labute approximate surface area is 243 Å². The lowest BCUT2D eigenvalue weighted by molar-refractivity contribution is -0.137. The van der Waals surface area contributed by atoms with Crippen LogP contribution in [0.2, 0.25) is 0 Å². The van der Waals surface area contributed by atoms with Gasteiger partial charge in [-0.3, -0.25) is 15.6 Å². The number of nitrogens with zero attached hydrogens (tertiary/aromatic N) is 4. The number of aromatic nitrogens is 3. The fourth-order valence-electron chi connectivity index (χ4n) is 4.47. The lowest BCUT2D eigenvalue weighted by Crippen LogP contribution is -2.38. The van der Waals surface area contributed by atoms with Gasteiger partial charge in [0.2, 0.25) is 5.95 Å². The fraction of sp³-hybridized carbons (Fsp3) is 0.241. The van der Waals surface area contributed by atoms with Gasteiger partial charge in [0, 0.05) is 18.8 Å². The number of carbonyl (C=O) groups is 1. The number of carbonyl (C=O) groups excluding carboxylic acids is 1. The summed E-state index contributed by atoms with van der Waals surface area (Å²) in [6.07, 6.45) is -3.25. The van der Waals surface area contributed by atoms with Crippen molar-refractivity contribution in [3.8, 4) is 16.9 Å². The maximum Gasteiger partial charge on any atom is 0.416 e. The van der Waals surface area contributed by atoms with E-state index < -0.39 is 23.5 Å². The zero-order valence-electron chi connectivity index (χ0n) is 22.9. The van der Waals surface area contributed by atoms with Gasteiger partial charge in [-0.15, -0.1) is 0 Å². The van der Waals surface area contributed by atoms with E-state index in [-0.39, 0.29) is 34.5 Å². The van der Waals surface area contributed by atoms with Crippen molar-refractivity contribution in [2.75, 3.05) is 41.9 Å². The fourth-order valence-corrected chi connectivity index (χ4v) is 4.47. The molecule has 1 saturated heterocycles. The molecule has 224 valence electrons. The number of ether oxygens (including phenoxy) is 1. The molecule has 0 bridgehead atoms. The molecule has 1 aliphatic heterocycles. The summed E-state index contributed by atoms with van der Waals surface area (Å²) < 4.78 is 60.8. The number of hydrogen-bond donors (Lipinski definition) is 4. The summed E-state index contributed by atoms with van der Waals surface area (Å²) in [5, 5.41) is 12.8. The molecule has 4 N–H and O–H groups in total. The van der Waals surface area contributed by atoms with Gasteiger partial charge in [-0.05, 0) is 60.0 Å². The van der Waals surface area contributed by atoms with Gasteiger partial charge in [-0.1, -0.05) is 19.1 Å². The van der Waals surface area contributed by atoms with Gasteiger partial charge in [-0.2, -0.15) is 18.2 Å². The number of morpholine rings is 1. The molecule has 0 aliphatic carbocycles. The molecule has 5 rings (SSSR count). The summed E-state index contributed by atoms with van der Waals surface area (Å²) in [5.41, 5.74) is 5.78. The summed E-state index contributed by atoms with van der Waals surface area (Å²) in [6, 6.07) is 12.4. The van der Waals surface area contributed by atoms with Crippen LogP contribution in [-0.4, -0.2) is 52.3 Å². The lowest BCUT2D eigenvalue weighted by atomic mass is 10.0. The van der Waals surface area contributed by atoms with E-state index in [0.717, 1.165) is 18.3 Å². The van der Waals surface area contributed by atoms with Gasteiger partial charge >= 0.3 is 6.18 Å². The molecule has 0 spiro atoms. The van der Waals surface area contributed by atoms with Crippen molar-refractivity contribution in [2.24, 2.45) is 0 Å². The van der Waals surface area contributed by atoms with Gasteiger partial charge in [0.15, 0.2) is 11.6 Å². The second-order valence-electron chi connectivity index (χ2n) is 9.56. The number of hydrazine groups is 1. The Hall–Kier alpha value is -4.98. The molecule has 0 saturated carbocycles. The largest absolute Gasteiger partial charge is 0.508 e. The van der Waals surface area contributed by atoms with E-state index in [9.17, 15) is 27.5 Å². The Morgan fingerprint density at radius 3 is 2.56 bits per heavy atom. The molecule has 14 heteroatoms. The summed E-state index contributed by atoms with van der Waals surface area (Å²) in [6.45, 7) is 3.58. The van der Waals surface area contributed by atoms with Gasteiger partial charge in [0.1, 0.15) is 11.4 Å². The predicted octanol–water partition coefficient (Wildman–Crippen LogP) is 5.30. The van der Waals surface area contributed by atoms with Crippen LogP contribution in [0.15, 0.2) is 60.8 Å². The zero-order chi connectivity index (χ0) is 30.6. The summed E-state index contributed by atoms with van der Waals surface area (Å²) in [4.78, 5) is 26.9. The monoisotopic (exact) mass is 597 g/mol. The molecule has 1 aliphatic rings. The minimum absolute atomic E-state index is 0.0231. The normalized spacial score (nSPS) is 13.5. The number of aryl methyl sites for hydroxylation is 1. The summed E-state index contributed by atoms with van der Waals surface area (Å²) >= 11 is 0. The number of phenolic OH excluding ortho intramolecular Hbond substituents is 1. The van der Waals surface area contributed by atoms with Crippen molar-refractivity contribution < 1.29 is 32.2 Å². The van der Waals surface area contributed by atoms with Crippen LogP contribution >= 0.6 is 0 Å². The van der Waals surface area contributed by atoms with Gasteiger partial charge < -0.3 is 20.1 Å². The lowest BCUT2D eigenvalue weighted by Gasteiger charge is -2.28. The highest BCUT2D eigenvalue weighted by Gasteiger charge is 2.31. The molecule has 0 unspecified atom stereocenters. The maximum atomic E-state index is 14.3. The van der Waals surface area contributed by atoms with E-state index in [1.807, 2.05) is 0 Å². The molecular formula is C29H27F4N7O3. The van der Waals surface area contributed by atoms with Crippen molar-refractivity contribution in [3.63, 3.8) is 0 Å². The van der Waals surface area contributed by atoms with E-state index >= 15 is 0 Å². The summed E-state index contributed by atoms with van der Waals surface area (Å²) in [7, 11) is 0. The number of amides is 1. The number of alkyl halides is 3. The van der Waals surface area contributed by atoms with E-state index in [1.165, 1.54) is 24.3 Å². The highest BCUT2D eigenvalue weighted by molar-refractivity contribution is 5.93. The number of nitrogens with one attached hydrogen (secondary N) is 3. The molecular weight excluding hydrogens is 570 g/mol. The Morgan fingerprint density at radius 2 is 1.84 bits per heavy atom. The van der Waals surface area contributed by atoms with E-state index in [1.54, 1.807) is 30.0 Å². The van der Waals surface area contributed by atoms with Crippen LogP contribution in [0.1, 0.15) is 28.7 Å². The highest BCUT2D eigenvalue weighted by atomic mass is 19.4. The van der Waals surface area contributed by atoms with Gasteiger partial charge in [0.25, 0.3) is 5.91 Å². The number of rotatable bonds is 8. The standard InChI is InChI=1S/C29H27F4N7O3/c1-2-23-24(35-20-13-18(12-19(15-20)29(31,32)33)17-4-3-5-21(41)14-17)6-7-25(36-23)27(42)38-39-28-34-16-22(30)26(37-28)40-8-10-43-11-9-40/h3-7,12-16,35,41H,2,8-11H2,1H3,(H,38,42)(H,34,37,39). The number of benzene rings is 2. The number of pyridine rings is 1. The van der Waals surface area contributed by atoms with Crippen LogP contribution in [0.25, 0.3) is 11.1 Å². The average Bonchev–Trinajstić information content (AvgIpc) is 3.00. The topological polar surface area (TPSA) is 125 Å². The Kier molecular flexibility index (Phi) is 8.57. The highest BCUT2D eigenvalue weighted by Crippen LogP contribution is 2.36. The van der Waals surface area contributed by atoms with Crippen LogP contribution in [0, 0.1) is 5.82 Å². The van der Waals surface area contributed by atoms with Crippen molar-refractivity contribution in [3.05, 3.63) is 83.6 Å². The van der Waals surface area contributed by atoms with E-state index in [2.05, 4.69) is 31.1 Å². The molecule has 3 heterocycles. The van der Waals surface area contributed by atoms with Crippen LogP contribution in [0.4, 0.5) is 40.7 Å². The second-order valence-corrected chi connectivity index (χ2v) is 9.56. The first-order chi connectivity index (χ1) is 20.6. The zero-order valence-corrected chi connectivity index (χ0v) is 22.9. The SMILES string of the molecule is CCc1nc(C(=O)NNc2ncc(F)c(N3CCOCC3)n2)ccc1Nc1cc(-c2cccc(O)c2)cc(C(F)(F)F)c1. The van der Waals surface area contributed by atoms with Crippen LogP contribution < -0.4 is 21.1 Å². The van der Waals surface area contributed by atoms with Gasteiger partial charge in [-0.25, -0.2) is 14.4 Å². The number of phenols is 1. The molecule has 0 radical (unpaired) electrons. The molecule has 10 nitrogen and oxygen atoms in total. The molecule has 4 aromatic rings. The Morgan fingerprint density at radius 1 is 1.05 bits per heavy atom.